The Labute approximate surface area is 262 Å². The molecule has 0 fully saturated rings. The zero-order chi connectivity index (χ0) is 30.2. The first kappa shape index (κ1) is 23.3. The molecule has 7 aliphatic rings. The minimum atomic E-state index is -3.87. The van der Waals surface area contributed by atoms with E-state index < -0.39 is 25.3 Å². The molecule has 0 saturated carbocycles. The van der Waals surface area contributed by atoms with Gasteiger partial charge < -0.3 is 4.74 Å². The van der Waals surface area contributed by atoms with Crippen molar-refractivity contribution >= 4 is 19.7 Å². The third-order valence-corrected chi connectivity index (χ3v) is 15.3. The molecule has 216 valence electrons. The molecule has 2 aliphatic carbocycles. The fourth-order valence-corrected chi connectivity index (χ4v) is 13.8. The Kier molecular flexibility index (Phi) is 3.31. The molecule has 0 radical (unpaired) electrons. The average Bonchev–Trinajstić information content (AvgIpc) is 3.59. The Bertz CT molecular complexity index is 2700. The number of pyridine rings is 2. The first-order valence-corrected chi connectivity index (χ1v) is 18.2. The molecular weight excluding hydrogens is 617 g/mol. The summed E-state index contributed by atoms with van der Waals surface area (Å²) in [6.07, 6.45) is 4.16. The second-order valence-electron chi connectivity index (χ2n) is 13.1. The van der Waals surface area contributed by atoms with E-state index in [2.05, 4.69) is 33.7 Å². The molecule has 0 saturated heterocycles. The first-order valence-electron chi connectivity index (χ1n) is 15.3. The summed E-state index contributed by atoms with van der Waals surface area (Å²) in [7, 11) is -7.74. The number of nitrogens with zero attached hydrogens (tertiary/aromatic N) is 2. The van der Waals surface area contributed by atoms with Crippen LogP contribution in [0.15, 0.2) is 117 Å². The molecule has 1 spiro atoms. The Morgan fingerprint density at radius 3 is 1.41 bits per heavy atom. The summed E-state index contributed by atoms with van der Waals surface area (Å²) in [5.74, 6) is 0.537. The van der Waals surface area contributed by atoms with Crippen LogP contribution in [-0.2, 0) is 25.3 Å². The number of aromatic nitrogens is 2. The molecule has 2 aromatic heterocycles. The van der Waals surface area contributed by atoms with Crippen molar-refractivity contribution < 1.29 is 30.7 Å². The summed E-state index contributed by atoms with van der Waals surface area (Å²) in [5.41, 5.74) is 9.28. The van der Waals surface area contributed by atoms with Crippen LogP contribution in [0.3, 0.4) is 0 Å². The van der Waals surface area contributed by atoms with E-state index >= 15 is 0 Å². The van der Waals surface area contributed by atoms with Crippen molar-refractivity contribution in [2.45, 2.75) is 37.1 Å². The number of ether oxygens (including phenoxy) is 1. The second-order valence-corrected chi connectivity index (χ2v) is 16.9. The lowest BCUT2D eigenvalue weighted by Gasteiger charge is -2.43. The van der Waals surface area contributed by atoms with Crippen molar-refractivity contribution in [2.75, 3.05) is 0 Å². The van der Waals surface area contributed by atoms with E-state index in [4.69, 9.17) is 4.74 Å². The van der Waals surface area contributed by atoms with Gasteiger partial charge in [-0.2, -0.15) is 0 Å². The van der Waals surface area contributed by atoms with E-state index in [1.807, 2.05) is 36.4 Å². The van der Waals surface area contributed by atoms with Crippen molar-refractivity contribution in [3.63, 3.8) is 0 Å². The van der Waals surface area contributed by atoms with E-state index in [0.717, 1.165) is 67.0 Å². The highest BCUT2D eigenvalue weighted by Crippen LogP contribution is 2.66. The van der Waals surface area contributed by atoms with Crippen molar-refractivity contribution in [1.82, 2.24) is 0 Å². The third-order valence-electron chi connectivity index (χ3n) is 11.6. The average molecular weight is 635 g/mol. The lowest BCUT2D eigenvalue weighted by atomic mass is 9.69. The third kappa shape index (κ3) is 1.96. The molecule has 13 rings (SSSR count). The summed E-state index contributed by atoms with van der Waals surface area (Å²) in [5, 5.41) is 0. The molecule has 46 heavy (non-hydrogen) atoms. The van der Waals surface area contributed by atoms with Crippen LogP contribution in [-0.4, -0.2) is 16.8 Å². The first-order chi connectivity index (χ1) is 22.4. The van der Waals surface area contributed by atoms with Crippen LogP contribution in [0, 0.1) is 0 Å². The normalized spacial score (nSPS) is 24.2. The molecule has 0 bridgehead atoms. The SMILES string of the molecule is O=S1(=O)c2cccc3c2C2c4c1ccc1c4C4(c5c(ccc6c5C5c7c(cccc7S6(=O)=O)-c6ccc[n+]4c65)O1)[n+]1cccc-3c12. The standard InChI is InChI=1S/C37H18N2O5S2/c40-45(41)23-9-1-5-17-19-7-3-15-38-35(19)31(27(17)23)29-25(45)13-11-21-33(29)37(38)34-22(44-21)12-14-26-30(34)32-28-18(6-2-10-24(28)46(26,42)43)20-8-4-16-39(37)36(20)32/h1-16,31-32H/q+2. The highest BCUT2D eigenvalue weighted by atomic mass is 32.2. The summed E-state index contributed by atoms with van der Waals surface area (Å²) in [6.45, 7) is 0. The number of fused-ring (bicyclic) bond motifs is 2. The maximum Gasteiger partial charge on any atom is 0.423 e. The van der Waals surface area contributed by atoms with Gasteiger partial charge in [-0.05, 0) is 70.8 Å². The smallest absolute Gasteiger partial charge is 0.423 e. The molecule has 4 aromatic carbocycles. The number of benzene rings is 4. The maximum absolute atomic E-state index is 14.5. The zero-order valence-electron chi connectivity index (χ0n) is 23.6. The molecule has 5 aliphatic heterocycles. The van der Waals surface area contributed by atoms with Gasteiger partial charge in [0.1, 0.15) is 22.6 Å². The highest BCUT2D eigenvalue weighted by Gasteiger charge is 2.74. The summed E-state index contributed by atoms with van der Waals surface area (Å²) in [4.78, 5) is 1.27. The lowest BCUT2D eigenvalue weighted by molar-refractivity contribution is -0.979. The zero-order valence-corrected chi connectivity index (χ0v) is 25.3. The largest absolute Gasteiger partial charge is 0.456 e. The summed E-state index contributed by atoms with van der Waals surface area (Å²) < 4.78 is 69.4. The molecule has 0 N–H and O–H groups in total. The fraction of sp³-hybridized carbons (Fsp3) is 0.0811. The molecule has 0 amide bonds. The van der Waals surface area contributed by atoms with Crippen molar-refractivity contribution in [3.8, 4) is 33.8 Å². The Morgan fingerprint density at radius 2 is 0.935 bits per heavy atom. The Morgan fingerprint density at radius 1 is 0.500 bits per heavy atom. The van der Waals surface area contributed by atoms with Crippen LogP contribution in [0.5, 0.6) is 11.5 Å². The predicted octanol–water partition coefficient (Wildman–Crippen LogP) is 4.91. The molecule has 2 unspecified atom stereocenters. The van der Waals surface area contributed by atoms with Gasteiger partial charge >= 0.3 is 5.66 Å². The van der Waals surface area contributed by atoms with Gasteiger partial charge in [0.05, 0.1) is 42.5 Å². The van der Waals surface area contributed by atoms with Crippen LogP contribution < -0.4 is 13.9 Å². The number of sulfone groups is 2. The lowest BCUT2D eigenvalue weighted by Crippen LogP contribution is -2.80. The highest BCUT2D eigenvalue weighted by molar-refractivity contribution is 7.92. The van der Waals surface area contributed by atoms with Crippen LogP contribution in [0.2, 0.25) is 0 Å². The van der Waals surface area contributed by atoms with Crippen molar-refractivity contribution in [2.24, 2.45) is 0 Å². The van der Waals surface area contributed by atoms with Gasteiger partial charge in [0.15, 0.2) is 12.4 Å². The van der Waals surface area contributed by atoms with Crippen LogP contribution in [0.4, 0.5) is 0 Å². The van der Waals surface area contributed by atoms with E-state index in [0.29, 0.717) is 21.3 Å². The van der Waals surface area contributed by atoms with E-state index in [9.17, 15) is 16.8 Å². The van der Waals surface area contributed by atoms with Crippen molar-refractivity contribution in [3.05, 3.63) is 142 Å². The number of rotatable bonds is 0. The molecule has 7 heterocycles. The Hall–Kier alpha value is -5.12. The minimum Gasteiger partial charge on any atom is -0.456 e. The summed E-state index contributed by atoms with van der Waals surface area (Å²) in [6, 6.07) is 26.3. The monoisotopic (exact) mass is 634 g/mol. The van der Waals surface area contributed by atoms with Gasteiger partial charge in [-0.15, -0.1) is 9.13 Å². The topological polar surface area (TPSA) is 85.3 Å². The van der Waals surface area contributed by atoms with Gasteiger partial charge in [0.25, 0.3) is 0 Å². The second kappa shape index (κ2) is 6.56. The molecule has 9 heteroatoms. The van der Waals surface area contributed by atoms with Crippen LogP contribution in [0.1, 0.15) is 56.6 Å². The number of hydrogen-bond donors (Lipinski definition) is 0. The molecule has 6 aromatic rings. The van der Waals surface area contributed by atoms with E-state index in [1.54, 1.807) is 36.4 Å². The summed E-state index contributed by atoms with van der Waals surface area (Å²) >= 11 is 0. The van der Waals surface area contributed by atoms with E-state index in [-0.39, 0.29) is 21.6 Å². The Balaban J connectivity index is 1.34. The van der Waals surface area contributed by atoms with Gasteiger partial charge in [-0.1, -0.05) is 24.3 Å². The van der Waals surface area contributed by atoms with Gasteiger partial charge in [-0.25, -0.2) is 16.8 Å². The predicted molar refractivity (Wildman–Crippen MR) is 161 cm³/mol. The minimum absolute atomic E-state index is 0.286. The maximum atomic E-state index is 14.5. The molecule has 7 nitrogen and oxygen atoms in total. The number of hydrogen-bond acceptors (Lipinski definition) is 5. The quantitative estimate of drug-likeness (QED) is 0.222. The van der Waals surface area contributed by atoms with Gasteiger partial charge in [-0.3, -0.25) is 0 Å². The van der Waals surface area contributed by atoms with Crippen molar-refractivity contribution in [1.29, 1.82) is 0 Å². The molecule has 2 atom stereocenters. The van der Waals surface area contributed by atoms with Gasteiger partial charge in [0, 0.05) is 23.3 Å². The van der Waals surface area contributed by atoms with Crippen LogP contribution >= 0.6 is 0 Å². The molecular formula is C37H18N2O5S2+2. The van der Waals surface area contributed by atoms with Gasteiger partial charge in [0.2, 0.25) is 31.1 Å². The fourth-order valence-electron chi connectivity index (χ4n) is 10.3. The van der Waals surface area contributed by atoms with Crippen LogP contribution in [0.25, 0.3) is 22.3 Å². The van der Waals surface area contributed by atoms with E-state index in [1.165, 1.54) is 0 Å².